The summed E-state index contributed by atoms with van der Waals surface area (Å²) in [5, 5.41) is 0. The largest absolute Gasteiger partial charge is 0.327 e. The zero-order chi connectivity index (χ0) is 10.7. The van der Waals surface area contributed by atoms with Gasteiger partial charge in [0.15, 0.2) is 0 Å². The molecular weight excluding hydrogens is 184 g/mol. The van der Waals surface area contributed by atoms with Gasteiger partial charge in [0.1, 0.15) is 0 Å². The van der Waals surface area contributed by atoms with Crippen LogP contribution in [0.25, 0.3) is 0 Å². The molecule has 88 valence electrons. The molecule has 0 aromatic heterocycles. The number of likely N-dealkylation sites (tertiary alicyclic amines) is 1. The Morgan fingerprint density at radius 1 is 1.13 bits per heavy atom. The van der Waals surface area contributed by atoms with Crippen LogP contribution in [0.4, 0.5) is 0 Å². The van der Waals surface area contributed by atoms with Gasteiger partial charge in [0.2, 0.25) is 0 Å². The molecule has 1 atom stereocenters. The van der Waals surface area contributed by atoms with Crippen molar-refractivity contribution in [2.45, 2.75) is 64.0 Å². The first-order valence-electron chi connectivity index (χ1n) is 6.79. The van der Waals surface area contributed by atoms with Gasteiger partial charge in [-0.15, -0.1) is 0 Å². The normalized spacial score (nSPS) is 39.2. The Bertz CT molecular complexity index is 185. The van der Waals surface area contributed by atoms with E-state index in [1.807, 2.05) is 0 Å². The van der Waals surface area contributed by atoms with E-state index in [1.165, 1.54) is 51.5 Å². The molecule has 0 aromatic rings. The van der Waals surface area contributed by atoms with E-state index in [2.05, 4.69) is 11.8 Å². The summed E-state index contributed by atoms with van der Waals surface area (Å²) in [6.45, 7) is 4.79. The third-order valence-electron chi connectivity index (χ3n) is 4.40. The minimum Gasteiger partial charge on any atom is -0.327 e. The van der Waals surface area contributed by atoms with Crippen LogP contribution in [-0.4, -0.2) is 30.1 Å². The van der Waals surface area contributed by atoms with E-state index in [0.29, 0.717) is 6.04 Å². The second-order valence-electron chi connectivity index (χ2n) is 5.48. The third kappa shape index (κ3) is 2.94. The molecule has 2 fully saturated rings. The first-order chi connectivity index (χ1) is 7.29. The summed E-state index contributed by atoms with van der Waals surface area (Å²) in [5.74, 6) is 1.01. The SMILES string of the molecule is CCC1CCC(N2CCCC(N)C2)CC1. The van der Waals surface area contributed by atoms with E-state index in [9.17, 15) is 0 Å². The highest BCUT2D eigenvalue weighted by Crippen LogP contribution is 2.30. The van der Waals surface area contributed by atoms with Crippen molar-refractivity contribution >= 4 is 0 Å². The Morgan fingerprint density at radius 3 is 2.47 bits per heavy atom. The van der Waals surface area contributed by atoms with Crippen LogP contribution in [0.1, 0.15) is 51.9 Å². The molecule has 2 aliphatic rings. The molecule has 1 saturated carbocycles. The van der Waals surface area contributed by atoms with Gasteiger partial charge in [-0.25, -0.2) is 0 Å². The Hall–Kier alpha value is -0.0800. The minimum atomic E-state index is 0.447. The van der Waals surface area contributed by atoms with Crippen molar-refractivity contribution in [1.82, 2.24) is 4.90 Å². The maximum Gasteiger partial charge on any atom is 0.0168 e. The average Bonchev–Trinajstić information content (AvgIpc) is 2.29. The van der Waals surface area contributed by atoms with Crippen LogP contribution in [0.15, 0.2) is 0 Å². The summed E-state index contributed by atoms with van der Waals surface area (Å²) in [6.07, 6.45) is 9.68. The van der Waals surface area contributed by atoms with E-state index < -0.39 is 0 Å². The molecule has 0 spiro atoms. The lowest BCUT2D eigenvalue weighted by Gasteiger charge is -2.40. The van der Waals surface area contributed by atoms with Gasteiger partial charge < -0.3 is 5.73 Å². The number of hydrogen-bond acceptors (Lipinski definition) is 2. The number of rotatable bonds is 2. The van der Waals surface area contributed by atoms with Crippen molar-refractivity contribution in [2.75, 3.05) is 13.1 Å². The van der Waals surface area contributed by atoms with Crippen LogP contribution in [-0.2, 0) is 0 Å². The van der Waals surface area contributed by atoms with E-state index in [0.717, 1.165) is 18.5 Å². The van der Waals surface area contributed by atoms with Crippen molar-refractivity contribution in [1.29, 1.82) is 0 Å². The van der Waals surface area contributed by atoms with Gasteiger partial charge in [0.05, 0.1) is 0 Å². The fourth-order valence-corrected chi connectivity index (χ4v) is 3.29. The molecule has 0 radical (unpaired) electrons. The lowest BCUT2D eigenvalue weighted by molar-refractivity contribution is 0.105. The molecule has 0 amide bonds. The van der Waals surface area contributed by atoms with Crippen molar-refractivity contribution < 1.29 is 0 Å². The second-order valence-corrected chi connectivity index (χ2v) is 5.48. The Labute approximate surface area is 94.2 Å². The lowest BCUT2D eigenvalue weighted by atomic mass is 9.83. The molecule has 1 aliphatic carbocycles. The zero-order valence-electron chi connectivity index (χ0n) is 10.1. The molecule has 1 heterocycles. The van der Waals surface area contributed by atoms with E-state index >= 15 is 0 Å². The number of hydrogen-bond donors (Lipinski definition) is 1. The van der Waals surface area contributed by atoms with Gasteiger partial charge in [0.25, 0.3) is 0 Å². The first-order valence-corrected chi connectivity index (χ1v) is 6.79. The van der Waals surface area contributed by atoms with Gasteiger partial charge >= 0.3 is 0 Å². The van der Waals surface area contributed by atoms with E-state index in [4.69, 9.17) is 5.73 Å². The quantitative estimate of drug-likeness (QED) is 0.758. The summed E-state index contributed by atoms with van der Waals surface area (Å²) in [6, 6.07) is 1.31. The molecular formula is C13H26N2. The summed E-state index contributed by atoms with van der Waals surface area (Å²) < 4.78 is 0. The van der Waals surface area contributed by atoms with Crippen LogP contribution >= 0.6 is 0 Å². The number of nitrogens with zero attached hydrogens (tertiary/aromatic N) is 1. The smallest absolute Gasteiger partial charge is 0.0168 e. The fourth-order valence-electron chi connectivity index (χ4n) is 3.29. The van der Waals surface area contributed by atoms with Crippen molar-refractivity contribution in [3.8, 4) is 0 Å². The molecule has 1 aliphatic heterocycles. The van der Waals surface area contributed by atoms with Gasteiger partial charge in [-0.2, -0.15) is 0 Å². The van der Waals surface area contributed by atoms with E-state index in [-0.39, 0.29) is 0 Å². The molecule has 0 aromatic carbocycles. The fraction of sp³-hybridized carbons (Fsp3) is 1.00. The standard InChI is InChI=1S/C13H26N2/c1-2-11-5-7-13(8-6-11)15-9-3-4-12(14)10-15/h11-13H,2-10,14H2,1H3. The molecule has 15 heavy (non-hydrogen) atoms. The third-order valence-corrected chi connectivity index (χ3v) is 4.40. The van der Waals surface area contributed by atoms with Crippen molar-refractivity contribution in [2.24, 2.45) is 11.7 Å². The highest BCUT2D eigenvalue weighted by atomic mass is 15.2. The van der Waals surface area contributed by atoms with Crippen LogP contribution in [0, 0.1) is 5.92 Å². The monoisotopic (exact) mass is 210 g/mol. The van der Waals surface area contributed by atoms with Gasteiger partial charge in [-0.05, 0) is 51.0 Å². The molecule has 2 rings (SSSR count). The summed E-state index contributed by atoms with van der Waals surface area (Å²) in [7, 11) is 0. The first kappa shape index (κ1) is 11.4. The highest BCUT2D eigenvalue weighted by molar-refractivity contribution is 4.84. The predicted octanol–water partition coefficient (Wildman–Crippen LogP) is 2.38. The number of piperidine rings is 1. The Kier molecular flexibility index (Phi) is 4.04. The summed E-state index contributed by atoms with van der Waals surface area (Å²) in [5.41, 5.74) is 6.04. The van der Waals surface area contributed by atoms with E-state index in [1.54, 1.807) is 0 Å². The second kappa shape index (κ2) is 5.31. The Balaban J connectivity index is 1.79. The van der Waals surface area contributed by atoms with Gasteiger partial charge in [-0.1, -0.05) is 13.3 Å². The molecule has 2 nitrogen and oxygen atoms in total. The van der Waals surface area contributed by atoms with Crippen LogP contribution in [0.2, 0.25) is 0 Å². The molecule has 2 heteroatoms. The maximum atomic E-state index is 6.04. The zero-order valence-corrected chi connectivity index (χ0v) is 10.1. The van der Waals surface area contributed by atoms with Crippen molar-refractivity contribution in [3.63, 3.8) is 0 Å². The van der Waals surface area contributed by atoms with Gasteiger partial charge in [-0.3, -0.25) is 4.90 Å². The highest BCUT2D eigenvalue weighted by Gasteiger charge is 2.27. The van der Waals surface area contributed by atoms with Crippen LogP contribution in [0.3, 0.4) is 0 Å². The molecule has 0 bridgehead atoms. The van der Waals surface area contributed by atoms with Gasteiger partial charge in [0, 0.05) is 18.6 Å². The maximum absolute atomic E-state index is 6.04. The predicted molar refractivity (Wildman–Crippen MR) is 64.8 cm³/mol. The Morgan fingerprint density at radius 2 is 1.87 bits per heavy atom. The van der Waals surface area contributed by atoms with Crippen molar-refractivity contribution in [3.05, 3.63) is 0 Å². The summed E-state index contributed by atoms with van der Waals surface area (Å²) >= 11 is 0. The van der Waals surface area contributed by atoms with Crippen LogP contribution in [0.5, 0.6) is 0 Å². The summed E-state index contributed by atoms with van der Waals surface area (Å²) in [4.78, 5) is 2.67. The lowest BCUT2D eigenvalue weighted by Crippen LogP contribution is -2.48. The number of nitrogens with two attached hydrogens (primary N) is 1. The van der Waals surface area contributed by atoms with Crippen LogP contribution < -0.4 is 5.73 Å². The topological polar surface area (TPSA) is 29.3 Å². The minimum absolute atomic E-state index is 0.447. The molecule has 1 saturated heterocycles. The molecule has 2 N–H and O–H groups in total. The average molecular weight is 210 g/mol. The molecule has 1 unspecified atom stereocenters.